The number of benzene rings is 1. The average molecular weight is 340 g/mol. The number of unbranched alkanes of at least 4 members (excludes halogenated alkanes) is 3. The molecule has 1 aromatic rings. The van der Waals surface area contributed by atoms with Crippen LogP contribution in [0.15, 0.2) is 29.3 Å². The zero-order chi connectivity index (χ0) is 14.8. The van der Waals surface area contributed by atoms with Crippen molar-refractivity contribution in [3.63, 3.8) is 0 Å². The first-order valence-electron chi connectivity index (χ1n) is 7.42. The van der Waals surface area contributed by atoms with Gasteiger partial charge in [0, 0.05) is 16.6 Å². The number of ether oxygens (including phenoxy) is 1. The maximum Gasteiger partial charge on any atom is 0.126 e. The maximum absolute atomic E-state index is 6.01. The molecule has 0 bridgehead atoms. The van der Waals surface area contributed by atoms with Gasteiger partial charge in [-0.15, -0.1) is 6.58 Å². The molecular formula is C17H26BrNO. The average Bonchev–Trinajstić information content (AvgIpc) is 2.42. The van der Waals surface area contributed by atoms with Gasteiger partial charge in [-0.05, 0) is 56.8 Å². The van der Waals surface area contributed by atoms with Gasteiger partial charge < -0.3 is 10.1 Å². The molecule has 20 heavy (non-hydrogen) atoms. The number of allylic oxidation sites excluding steroid dienone is 1. The van der Waals surface area contributed by atoms with Crippen LogP contribution in [0.5, 0.6) is 5.75 Å². The molecule has 1 rings (SSSR count). The summed E-state index contributed by atoms with van der Waals surface area (Å²) in [5.74, 6) is 1.04. The van der Waals surface area contributed by atoms with E-state index in [1.165, 1.54) is 24.0 Å². The molecule has 0 spiro atoms. The summed E-state index contributed by atoms with van der Waals surface area (Å²) in [4.78, 5) is 0. The Balaban J connectivity index is 2.55. The molecule has 1 aromatic carbocycles. The summed E-state index contributed by atoms with van der Waals surface area (Å²) < 4.78 is 7.13. The lowest BCUT2D eigenvalue weighted by Gasteiger charge is -2.15. The number of hydrogen-bond donors (Lipinski definition) is 1. The molecule has 1 N–H and O–H groups in total. The van der Waals surface area contributed by atoms with Crippen molar-refractivity contribution >= 4 is 15.9 Å². The molecule has 112 valence electrons. The third-order valence-electron chi connectivity index (χ3n) is 3.18. The highest BCUT2D eigenvalue weighted by Crippen LogP contribution is 2.28. The lowest BCUT2D eigenvalue weighted by molar-refractivity contribution is 0.300. The first-order valence-corrected chi connectivity index (χ1v) is 8.21. The number of hydrogen-bond acceptors (Lipinski definition) is 2. The highest BCUT2D eigenvalue weighted by molar-refractivity contribution is 9.10. The van der Waals surface area contributed by atoms with Crippen molar-refractivity contribution in [3.8, 4) is 5.75 Å². The summed E-state index contributed by atoms with van der Waals surface area (Å²) in [6, 6.07) is 4.26. The van der Waals surface area contributed by atoms with E-state index in [4.69, 9.17) is 4.74 Å². The van der Waals surface area contributed by atoms with Gasteiger partial charge in [-0.2, -0.15) is 0 Å². The van der Waals surface area contributed by atoms with E-state index in [9.17, 15) is 0 Å². The van der Waals surface area contributed by atoms with Gasteiger partial charge in [0.05, 0.1) is 6.61 Å². The van der Waals surface area contributed by atoms with Gasteiger partial charge in [0.25, 0.3) is 0 Å². The molecule has 0 aliphatic carbocycles. The predicted octanol–water partition coefficient (Wildman–Crippen LogP) is 4.99. The smallest absolute Gasteiger partial charge is 0.126 e. The zero-order valence-corrected chi connectivity index (χ0v) is 14.3. The first-order chi connectivity index (χ1) is 9.69. The maximum atomic E-state index is 6.01. The highest BCUT2D eigenvalue weighted by atomic mass is 79.9. The second kappa shape index (κ2) is 10.0. The van der Waals surface area contributed by atoms with E-state index >= 15 is 0 Å². The summed E-state index contributed by atoms with van der Waals surface area (Å²) in [7, 11) is 0. The third kappa shape index (κ3) is 6.10. The van der Waals surface area contributed by atoms with Gasteiger partial charge in [-0.25, -0.2) is 0 Å². The van der Waals surface area contributed by atoms with Crippen LogP contribution >= 0.6 is 15.9 Å². The van der Waals surface area contributed by atoms with E-state index in [-0.39, 0.29) is 0 Å². The number of nitrogens with one attached hydrogen (secondary N) is 1. The van der Waals surface area contributed by atoms with Crippen LogP contribution in [0.25, 0.3) is 0 Å². The summed E-state index contributed by atoms with van der Waals surface area (Å²) in [6.07, 6.45) is 6.59. The highest BCUT2D eigenvalue weighted by Gasteiger charge is 2.08. The standard InChI is InChI=1S/C17H26BrNO/c1-4-6-7-8-9-10-20-17-14(3)11-16(18)12-15(17)13-19-5-2/h4,11-12,19H,1,5-10,13H2,2-3H3. The van der Waals surface area contributed by atoms with Crippen LogP contribution in [0, 0.1) is 6.92 Å². The number of rotatable bonds is 10. The molecule has 0 saturated carbocycles. The summed E-state index contributed by atoms with van der Waals surface area (Å²) in [6.45, 7) is 10.6. The molecule has 0 saturated heterocycles. The quantitative estimate of drug-likeness (QED) is 0.478. The Kier molecular flexibility index (Phi) is 8.63. The molecule has 0 unspecified atom stereocenters. The van der Waals surface area contributed by atoms with Crippen molar-refractivity contribution < 1.29 is 4.74 Å². The molecule has 2 nitrogen and oxygen atoms in total. The van der Waals surface area contributed by atoms with Crippen LogP contribution in [0.1, 0.15) is 43.7 Å². The van der Waals surface area contributed by atoms with Crippen molar-refractivity contribution in [1.29, 1.82) is 0 Å². The fraction of sp³-hybridized carbons (Fsp3) is 0.529. The van der Waals surface area contributed by atoms with Crippen LogP contribution in [0.2, 0.25) is 0 Å². The topological polar surface area (TPSA) is 21.3 Å². The van der Waals surface area contributed by atoms with Gasteiger partial charge >= 0.3 is 0 Å². The van der Waals surface area contributed by atoms with Gasteiger partial charge in [0.15, 0.2) is 0 Å². The number of halogens is 1. The molecule has 0 fully saturated rings. The van der Waals surface area contributed by atoms with E-state index < -0.39 is 0 Å². The molecule has 0 heterocycles. The second-order valence-electron chi connectivity index (χ2n) is 4.98. The minimum atomic E-state index is 0.790. The molecular weight excluding hydrogens is 314 g/mol. The Bertz CT molecular complexity index is 418. The normalized spacial score (nSPS) is 10.6. The lowest BCUT2D eigenvalue weighted by atomic mass is 10.1. The third-order valence-corrected chi connectivity index (χ3v) is 3.64. The van der Waals surface area contributed by atoms with Gasteiger partial charge in [-0.3, -0.25) is 0 Å². The van der Waals surface area contributed by atoms with E-state index in [2.05, 4.69) is 53.8 Å². The summed E-state index contributed by atoms with van der Waals surface area (Å²) >= 11 is 3.56. The monoisotopic (exact) mass is 339 g/mol. The lowest BCUT2D eigenvalue weighted by Crippen LogP contribution is -2.13. The molecule has 0 amide bonds. The largest absolute Gasteiger partial charge is 0.493 e. The van der Waals surface area contributed by atoms with Crippen LogP contribution in [0.3, 0.4) is 0 Å². The Hall–Kier alpha value is -0.800. The van der Waals surface area contributed by atoms with Crippen molar-refractivity contribution in [3.05, 3.63) is 40.4 Å². The van der Waals surface area contributed by atoms with Crippen molar-refractivity contribution in [2.45, 2.75) is 46.1 Å². The zero-order valence-electron chi connectivity index (χ0n) is 12.7. The summed E-state index contributed by atoms with van der Waals surface area (Å²) in [5, 5.41) is 3.37. The summed E-state index contributed by atoms with van der Waals surface area (Å²) in [5.41, 5.74) is 2.42. The molecule has 0 aliphatic heterocycles. The van der Waals surface area contributed by atoms with E-state index in [0.29, 0.717) is 0 Å². The molecule has 3 heteroatoms. The van der Waals surface area contributed by atoms with E-state index in [0.717, 1.165) is 42.8 Å². The molecule has 0 aromatic heterocycles. The van der Waals surface area contributed by atoms with Gasteiger partial charge in [0.1, 0.15) is 5.75 Å². The fourth-order valence-electron chi connectivity index (χ4n) is 2.14. The Morgan fingerprint density at radius 3 is 2.80 bits per heavy atom. The minimum Gasteiger partial charge on any atom is -0.493 e. The minimum absolute atomic E-state index is 0.790. The van der Waals surface area contributed by atoms with E-state index in [1.807, 2.05) is 6.08 Å². The SMILES string of the molecule is C=CCCCCCOc1c(C)cc(Br)cc1CNCC. The van der Waals surface area contributed by atoms with Crippen molar-refractivity contribution in [2.75, 3.05) is 13.2 Å². The number of aryl methyl sites for hydroxylation is 1. The van der Waals surface area contributed by atoms with Crippen LogP contribution in [0.4, 0.5) is 0 Å². The van der Waals surface area contributed by atoms with Crippen molar-refractivity contribution in [2.24, 2.45) is 0 Å². The fourth-order valence-corrected chi connectivity index (χ4v) is 2.76. The predicted molar refractivity (Wildman–Crippen MR) is 90.4 cm³/mol. The molecule has 0 atom stereocenters. The van der Waals surface area contributed by atoms with Crippen LogP contribution in [-0.2, 0) is 6.54 Å². The first kappa shape index (κ1) is 17.3. The molecule has 0 radical (unpaired) electrons. The molecule has 0 aliphatic rings. The second-order valence-corrected chi connectivity index (χ2v) is 5.89. The Morgan fingerprint density at radius 1 is 1.30 bits per heavy atom. The van der Waals surface area contributed by atoms with E-state index in [1.54, 1.807) is 0 Å². The Morgan fingerprint density at radius 2 is 2.10 bits per heavy atom. The van der Waals surface area contributed by atoms with Gasteiger partial charge in [0.2, 0.25) is 0 Å². The van der Waals surface area contributed by atoms with Crippen molar-refractivity contribution in [1.82, 2.24) is 5.32 Å². The van der Waals surface area contributed by atoms with Gasteiger partial charge in [-0.1, -0.05) is 28.9 Å². The van der Waals surface area contributed by atoms with Crippen LogP contribution < -0.4 is 10.1 Å². The Labute approximate surface area is 131 Å². The van der Waals surface area contributed by atoms with Crippen LogP contribution in [-0.4, -0.2) is 13.2 Å².